The summed E-state index contributed by atoms with van der Waals surface area (Å²) in [6.45, 7) is -1.07. The molecule has 0 aliphatic carbocycles. The lowest BCUT2D eigenvalue weighted by molar-refractivity contribution is -0.143. The molecule has 0 rings (SSSR count). The molecule has 0 spiro atoms. The van der Waals surface area contributed by atoms with Crippen LogP contribution in [0.4, 0.5) is 18.0 Å². The maximum absolute atomic E-state index is 12.2. The van der Waals surface area contributed by atoms with Crippen molar-refractivity contribution in [1.29, 1.82) is 0 Å². The molecule has 0 saturated carbocycles. The largest absolute Gasteiger partial charge is 0.481 e. The number of carboxylic acids is 1. The average Bonchev–Trinajstić information content (AvgIpc) is 2.31. The summed E-state index contributed by atoms with van der Waals surface area (Å²) in [4.78, 5) is 22.8. The monoisotopic (exact) mass is 300 g/mol. The van der Waals surface area contributed by atoms with E-state index in [9.17, 15) is 22.8 Å². The van der Waals surface area contributed by atoms with Crippen LogP contribution in [0, 0.1) is 5.92 Å². The number of aliphatic carboxylic acids is 1. The van der Waals surface area contributed by atoms with E-state index in [1.807, 2.05) is 0 Å². The van der Waals surface area contributed by atoms with Gasteiger partial charge in [0.05, 0.1) is 12.5 Å². The predicted molar refractivity (Wildman–Crippen MR) is 64.1 cm³/mol. The summed E-state index contributed by atoms with van der Waals surface area (Å²) >= 11 is 0. The summed E-state index contributed by atoms with van der Waals surface area (Å²) in [6, 6.07) is -1.04. The fourth-order valence-electron chi connectivity index (χ4n) is 1.57. The minimum atomic E-state index is -4.58. The third-order valence-corrected chi connectivity index (χ3v) is 2.51. The number of aliphatic hydroxyl groups is 1. The van der Waals surface area contributed by atoms with Crippen LogP contribution in [-0.2, 0) is 4.79 Å². The van der Waals surface area contributed by atoms with Crippen molar-refractivity contribution in [2.24, 2.45) is 5.92 Å². The van der Waals surface area contributed by atoms with Crippen molar-refractivity contribution < 1.29 is 33.0 Å². The van der Waals surface area contributed by atoms with Crippen molar-refractivity contribution in [3.63, 3.8) is 0 Å². The van der Waals surface area contributed by atoms with Gasteiger partial charge in [0.1, 0.15) is 6.54 Å². The Balaban J connectivity index is 4.48. The van der Waals surface area contributed by atoms with E-state index in [-0.39, 0.29) is 6.54 Å². The molecule has 0 aromatic rings. The zero-order valence-corrected chi connectivity index (χ0v) is 11.1. The van der Waals surface area contributed by atoms with E-state index in [0.29, 0.717) is 17.7 Å². The van der Waals surface area contributed by atoms with E-state index in [0.717, 1.165) is 0 Å². The number of nitrogens with one attached hydrogen (secondary N) is 1. The number of carboxylic acid groups (broad SMARTS) is 1. The molecule has 0 aliphatic rings. The molecule has 118 valence electrons. The number of hydrogen-bond acceptors (Lipinski definition) is 3. The fraction of sp³-hybridized carbons (Fsp3) is 0.818. The van der Waals surface area contributed by atoms with E-state index in [4.69, 9.17) is 10.2 Å². The standard InChI is InChI=1S/C11H19F3N2O4/c1-2-3-8(9(18)19)6-15-10(20)16(4-5-17)7-11(12,13)14/h8,17H,2-7H2,1H3,(H,15,20)(H,18,19). The Bertz CT molecular complexity index is 323. The van der Waals surface area contributed by atoms with Gasteiger partial charge in [-0.05, 0) is 6.42 Å². The zero-order chi connectivity index (χ0) is 15.8. The Morgan fingerprint density at radius 3 is 2.35 bits per heavy atom. The van der Waals surface area contributed by atoms with Crippen LogP contribution >= 0.6 is 0 Å². The molecule has 0 saturated heterocycles. The van der Waals surface area contributed by atoms with Crippen LogP contribution in [-0.4, -0.2) is 59.5 Å². The summed E-state index contributed by atoms with van der Waals surface area (Å²) in [5.41, 5.74) is 0. The van der Waals surface area contributed by atoms with Crippen molar-refractivity contribution in [3.05, 3.63) is 0 Å². The molecular weight excluding hydrogens is 281 g/mol. The highest BCUT2D eigenvalue weighted by Gasteiger charge is 2.33. The van der Waals surface area contributed by atoms with E-state index in [1.54, 1.807) is 6.92 Å². The van der Waals surface area contributed by atoms with Gasteiger partial charge in [0.15, 0.2) is 0 Å². The molecule has 1 atom stereocenters. The van der Waals surface area contributed by atoms with Gasteiger partial charge in [0.25, 0.3) is 0 Å². The maximum atomic E-state index is 12.2. The topological polar surface area (TPSA) is 89.9 Å². The van der Waals surface area contributed by atoms with E-state index in [1.165, 1.54) is 0 Å². The van der Waals surface area contributed by atoms with Crippen LogP contribution in [0.2, 0.25) is 0 Å². The zero-order valence-electron chi connectivity index (χ0n) is 11.1. The van der Waals surface area contributed by atoms with Gasteiger partial charge in [-0.15, -0.1) is 0 Å². The molecule has 2 amide bonds. The quantitative estimate of drug-likeness (QED) is 0.625. The summed E-state index contributed by atoms with van der Waals surface area (Å²) in [5.74, 6) is -1.96. The van der Waals surface area contributed by atoms with E-state index in [2.05, 4.69) is 5.32 Å². The number of amides is 2. The third kappa shape index (κ3) is 7.82. The highest BCUT2D eigenvalue weighted by atomic mass is 19.4. The SMILES string of the molecule is CCCC(CNC(=O)N(CCO)CC(F)(F)F)C(=O)O. The smallest absolute Gasteiger partial charge is 0.406 e. The predicted octanol–water partition coefficient (Wildman–Crippen LogP) is 1.05. The number of carbonyl (C=O) groups excluding carboxylic acids is 1. The normalized spacial score (nSPS) is 12.8. The highest BCUT2D eigenvalue weighted by molar-refractivity contribution is 5.76. The first-order valence-corrected chi connectivity index (χ1v) is 6.14. The highest BCUT2D eigenvalue weighted by Crippen LogP contribution is 2.16. The van der Waals surface area contributed by atoms with Crippen molar-refractivity contribution in [1.82, 2.24) is 10.2 Å². The first-order valence-electron chi connectivity index (χ1n) is 6.14. The summed E-state index contributed by atoms with van der Waals surface area (Å²) in [6.07, 6.45) is -3.69. The first kappa shape index (κ1) is 18.5. The van der Waals surface area contributed by atoms with Gasteiger partial charge >= 0.3 is 18.2 Å². The molecule has 0 aliphatic heterocycles. The summed E-state index contributed by atoms with van der Waals surface area (Å²) < 4.78 is 36.7. The van der Waals surface area contributed by atoms with E-state index >= 15 is 0 Å². The van der Waals surface area contributed by atoms with E-state index < -0.39 is 43.8 Å². The number of hydrogen-bond donors (Lipinski definition) is 3. The number of nitrogens with zero attached hydrogens (tertiary/aromatic N) is 1. The third-order valence-electron chi connectivity index (χ3n) is 2.51. The van der Waals surface area contributed by atoms with Gasteiger partial charge in [-0.3, -0.25) is 4.79 Å². The molecule has 9 heteroatoms. The Kier molecular flexibility index (Phi) is 7.97. The molecule has 0 aromatic heterocycles. The molecule has 0 heterocycles. The minimum absolute atomic E-state index is 0.248. The van der Waals surface area contributed by atoms with Gasteiger partial charge in [0.2, 0.25) is 0 Å². The Labute approximate surface area is 114 Å². The molecule has 1 unspecified atom stereocenters. The number of alkyl halides is 3. The van der Waals surface area contributed by atoms with Crippen molar-refractivity contribution in [3.8, 4) is 0 Å². The van der Waals surface area contributed by atoms with Crippen molar-refractivity contribution in [2.45, 2.75) is 25.9 Å². The van der Waals surface area contributed by atoms with Crippen molar-refractivity contribution >= 4 is 12.0 Å². The van der Waals surface area contributed by atoms with Crippen molar-refractivity contribution in [2.75, 3.05) is 26.2 Å². The molecule has 0 radical (unpaired) electrons. The molecule has 0 aromatic carbocycles. The second-order valence-corrected chi connectivity index (χ2v) is 4.27. The molecule has 20 heavy (non-hydrogen) atoms. The van der Waals surface area contributed by atoms with Gasteiger partial charge in [-0.2, -0.15) is 13.2 Å². The lowest BCUT2D eigenvalue weighted by atomic mass is 10.0. The van der Waals surface area contributed by atoms with Crippen LogP contribution < -0.4 is 5.32 Å². The number of urea groups is 1. The Hall–Kier alpha value is -1.51. The average molecular weight is 300 g/mol. The summed E-state index contributed by atoms with van der Waals surface area (Å²) in [5, 5.41) is 19.7. The van der Waals surface area contributed by atoms with Crippen LogP contribution in [0.25, 0.3) is 0 Å². The van der Waals surface area contributed by atoms with Crippen LogP contribution in [0.5, 0.6) is 0 Å². The lowest BCUT2D eigenvalue weighted by Crippen LogP contribution is -2.47. The molecule has 6 nitrogen and oxygen atoms in total. The second-order valence-electron chi connectivity index (χ2n) is 4.27. The first-order chi connectivity index (χ1) is 9.21. The Morgan fingerprint density at radius 2 is 1.95 bits per heavy atom. The number of rotatable bonds is 8. The molecule has 0 fully saturated rings. The fourth-order valence-corrected chi connectivity index (χ4v) is 1.57. The van der Waals surface area contributed by atoms with Gasteiger partial charge in [0, 0.05) is 13.1 Å². The van der Waals surface area contributed by atoms with Gasteiger partial charge in [-0.25, -0.2) is 4.79 Å². The Morgan fingerprint density at radius 1 is 1.35 bits per heavy atom. The number of halogens is 3. The van der Waals surface area contributed by atoms with Crippen LogP contribution in [0.15, 0.2) is 0 Å². The molecular formula is C11H19F3N2O4. The van der Waals surface area contributed by atoms with Gasteiger partial charge < -0.3 is 20.4 Å². The number of carbonyl (C=O) groups is 2. The number of aliphatic hydroxyl groups excluding tert-OH is 1. The van der Waals surface area contributed by atoms with Crippen LogP contribution in [0.3, 0.4) is 0 Å². The lowest BCUT2D eigenvalue weighted by Gasteiger charge is -2.24. The molecule has 0 bridgehead atoms. The molecule has 3 N–H and O–H groups in total. The maximum Gasteiger partial charge on any atom is 0.406 e. The van der Waals surface area contributed by atoms with Gasteiger partial charge in [-0.1, -0.05) is 13.3 Å². The second kappa shape index (κ2) is 8.62. The minimum Gasteiger partial charge on any atom is -0.481 e. The summed E-state index contributed by atoms with van der Waals surface area (Å²) in [7, 11) is 0. The van der Waals surface area contributed by atoms with Crippen LogP contribution in [0.1, 0.15) is 19.8 Å².